The van der Waals surface area contributed by atoms with Crippen LogP contribution in [-0.4, -0.2) is 43.3 Å². The molecule has 2 aliphatic heterocycles. The molecule has 1 amide bonds. The topological polar surface area (TPSA) is 92.5 Å². The van der Waals surface area contributed by atoms with Gasteiger partial charge in [-0.2, -0.15) is 4.31 Å². The first kappa shape index (κ1) is 17.0. The molecule has 126 valence electrons. The number of nitrogens with zero attached hydrogens (tertiary/aromatic N) is 1. The number of benzene rings is 1. The van der Waals surface area contributed by atoms with Crippen LogP contribution in [0.4, 0.5) is 0 Å². The van der Waals surface area contributed by atoms with Crippen molar-refractivity contribution in [3.8, 4) is 0 Å². The van der Waals surface area contributed by atoms with Crippen LogP contribution in [0.25, 0.3) is 0 Å². The molecule has 0 spiro atoms. The molecule has 3 N–H and O–H groups in total. The van der Waals surface area contributed by atoms with Crippen molar-refractivity contribution in [2.24, 2.45) is 5.73 Å². The zero-order chi connectivity index (χ0) is 16.8. The fourth-order valence-electron chi connectivity index (χ4n) is 3.27. The summed E-state index contributed by atoms with van der Waals surface area (Å²) >= 11 is 11.9. The van der Waals surface area contributed by atoms with Gasteiger partial charge in [0.25, 0.3) is 0 Å². The highest BCUT2D eigenvalue weighted by atomic mass is 35.5. The van der Waals surface area contributed by atoms with Crippen molar-refractivity contribution in [1.82, 2.24) is 9.62 Å². The van der Waals surface area contributed by atoms with Gasteiger partial charge < -0.3 is 11.1 Å². The summed E-state index contributed by atoms with van der Waals surface area (Å²) in [6, 6.07) is 2.53. The maximum absolute atomic E-state index is 13.1. The number of rotatable bonds is 2. The van der Waals surface area contributed by atoms with E-state index >= 15 is 0 Å². The Balaban J connectivity index is 2.11. The quantitative estimate of drug-likeness (QED) is 0.813. The first-order valence-electron chi connectivity index (χ1n) is 7.33. The average Bonchev–Trinajstić information content (AvgIpc) is 2.56. The standard InChI is InChI=1S/C14H17Cl2N3O3S/c15-8-4-9(16)6-10(5-8)23(21,22)19-12-2-1-3-13(19)14(20)18-7-11(12)17/h4-6,11-13H,1-3,7,17H2,(H,18,20)/t11-,12+,13?/m1/s1. The van der Waals surface area contributed by atoms with Crippen molar-refractivity contribution in [2.45, 2.75) is 42.3 Å². The molecule has 2 saturated heterocycles. The van der Waals surface area contributed by atoms with Gasteiger partial charge in [0, 0.05) is 28.7 Å². The van der Waals surface area contributed by atoms with Crippen molar-refractivity contribution in [1.29, 1.82) is 0 Å². The number of halogens is 2. The number of carbonyl (C=O) groups is 1. The van der Waals surface area contributed by atoms with E-state index < -0.39 is 28.1 Å². The van der Waals surface area contributed by atoms with Gasteiger partial charge in [-0.1, -0.05) is 23.2 Å². The van der Waals surface area contributed by atoms with Crippen LogP contribution in [0.3, 0.4) is 0 Å². The van der Waals surface area contributed by atoms with E-state index in [1.165, 1.54) is 22.5 Å². The molecule has 1 aromatic carbocycles. The van der Waals surface area contributed by atoms with Gasteiger partial charge in [-0.15, -0.1) is 0 Å². The number of amides is 1. The lowest BCUT2D eigenvalue weighted by Gasteiger charge is -2.39. The summed E-state index contributed by atoms with van der Waals surface area (Å²) < 4.78 is 27.5. The Hall–Kier alpha value is -0.860. The summed E-state index contributed by atoms with van der Waals surface area (Å²) in [5.74, 6) is -0.306. The van der Waals surface area contributed by atoms with E-state index in [-0.39, 0.29) is 27.4 Å². The summed E-state index contributed by atoms with van der Waals surface area (Å²) in [5, 5.41) is 3.17. The zero-order valence-corrected chi connectivity index (χ0v) is 14.5. The van der Waals surface area contributed by atoms with Gasteiger partial charge >= 0.3 is 0 Å². The molecule has 2 aliphatic rings. The highest BCUT2D eigenvalue weighted by molar-refractivity contribution is 7.89. The maximum Gasteiger partial charge on any atom is 0.244 e. The number of carbonyl (C=O) groups excluding carboxylic acids is 1. The number of sulfonamides is 1. The second kappa shape index (κ2) is 6.22. The van der Waals surface area contributed by atoms with Gasteiger partial charge in [0.15, 0.2) is 0 Å². The molecule has 0 aliphatic carbocycles. The highest BCUT2D eigenvalue weighted by Gasteiger charge is 2.47. The predicted octanol–water partition coefficient (Wildman–Crippen LogP) is 1.36. The van der Waals surface area contributed by atoms with Crippen LogP contribution in [0.15, 0.2) is 23.1 Å². The van der Waals surface area contributed by atoms with E-state index in [9.17, 15) is 13.2 Å². The molecule has 9 heteroatoms. The molecular weight excluding hydrogens is 361 g/mol. The monoisotopic (exact) mass is 377 g/mol. The second-order valence-electron chi connectivity index (χ2n) is 5.86. The van der Waals surface area contributed by atoms with Crippen LogP contribution in [0.5, 0.6) is 0 Å². The van der Waals surface area contributed by atoms with Gasteiger partial charge in [-0.25, -0.2) is 8.42 Å². The first-order chi connectivity index (χ1) is 10.8. The molecule has 2 fully saturated rings. The summed E-state index contributed by atoms with van der Waals surface area (Å²) in [7, 11) is -3.93. The Morgan fingerprint density at radius 1 is 1.17 bits per heavy atom. The lowest BCUT2D eigenvalue weighted by atomic mass is 9.95. The third-order valence-corrected chi connectivity index (χ3v) is 6.68. The van der Waals surface area contributed by atoms with Crippen LogP contribution in [0, 0.1) is 0 Å². The second-order valence-corrected chi connectivity index (χ2v) is 8.58. The average molecular weight is 378 g/mol. The number of fused-ring (bicyclic) bond motifs is 2. The summed E-state index contributed by atoms with van der Waals surface area (Å²) in [6.07, 6.45) is 1.86. The number of hydrogen-bond donors (Lipinski definition) is 2. The minimum Gasteiger partial charge on any atom is -0.353 e. The van der Waals surface area contributed by atoms with E-state index in [0.717, 1.165) is 6.42 Å². The van der Waals surface area contributed by atoms with E-state index in [0.29, 0.717) is 12.8 Å². The maximum atomic E-state index is 13.1. The zero-order valence-electron chi connectivity index (χ0n) is 12.2. The fourth-order valence-corrected chi connectivity index (χ4v) is 5.88. The third-order valence-electron chi connectivity index (χ3n) is 4.33. The predicted molar refractivity (Wildman–Crippen MR) is 87.9 cm³/mol. The van der Waals surface area contributed by atoms with Crippen LogP contribution in [0.2, 0.25) is 10.0 Å². The molecule has 23 heavy (non-hydrogen) atoms. The molecule has 0 saturated carbocycles. The molecular formula is C14H17Cl2N3O3S. The largest absolute Gasteiger partial charge is 0.353 e. The van der Waals surface area contributed by atoms with Crippen molar-refractivity contribution in [3.63, 3.8) is 0 Å². The molecule has 0 aromatic heterocycles. The van der Waals surface area contributed by atoms with E-state index in [1.54, 1.807) is 0 Å². The van der Waals surface area contributed by atoms with Gasteiger partial charge in [0.1, 0.15) is 6.04 Å². The lowest BCUT2D eigenvalue weighted by molar-refractivity contribution is -0.125. The molecule has 1 aromatic rings. The molecule has 3 atom stereocenters. The van der Waals surface area contributed by atoms with Crippen LogP contribution in [-0.2, 0) is 14.8 Å². The Bertz CT molecular complexity index is 721. The minimum absolute atomic E-state index is 0.0196. The minimum atomic E-state index is -3.93. The molecule has 6 nitrogen and oxygen atoms in total. The number of nitrogens with two attached hydrogens (primary N) is 1. The molecule has 1 unspecified atom stereocenters. The number of nitrogens with one attached hydrogen (secondary N) is 1. The fraction of sp³-hybridized carbons (Fsp3) is 0.500. The summed E-state index contributed by atoms with van der Waals surface area (Å²) in [4.78, 5) is 12.2. The summed E-state index contributed by atoms with van der Waals surface area (Å²) in [6.45, 7) is 0.266. The SMILES string of the molecule is N[C@@H]1CNC(=O)C2CCC[C@@H]1N2S(=O)(=O)c1cc(Cl)cc(Cl)c1. The van der Waals surface area contributed by atoms with E-state index in [4.69, 9.17) is 28.9 Å². The molecule has 2 bridgehead atoms. The van der Waals surface area contributed by atoms with Crippen molar-refractivity contribution >= 4 is 39.1 Å². The van der Waals surface area contributed by atoms with E-state index in [1.807, 2.05) is 0 Å². The van der Waals surface area contributed by atoms with Crippen molar-refractivity contribution in [2.75, 3.05) is 6.54 Å². The smallest absolute Gasteiger partial charge is 0.244 e. The van der Waals surface area contributed by atoms with Crippen molar-refractivity contribution < 1.29 is 13.2 Å². The number of piperidine rings is 1. The van der Waals surface area contributed by atoms with Gasteiger partial charge in [-0.3, -0.25) is 4.79 Å². The lowest BCUT2D eigenvalue weighted by Crippen LogP contribution is -2.57. The van der Waals surface area contributed by atoms with Crippen LogP contribution in [0.1, 0.15) is 19.3 Å². The molecule has 2 heterocycles. The Labute approximate surface area is 145 Å². The Morgan fingerprint density at radius 3 is 2.48 bits per heavy atom. The van der Waals surface area contributed by atoms with Gasteiger partial charge in [0.05, 0.1) is 4.90 Å². The normalized spacial score (nSPS) is 29.0. The van der Waals surface area contributed by atoms with Crippen LogP contribution >= 0.6 is 23.2 Å². The van der Waals surface area contributed by atoms with Crippen LogP contribution < -0.4 is 11.1 Å². The Kier molecular flexibility index (Phi) is 4.59. The van der Waals surface area contributed by atoms with Crippen molar-refractivity contribution in [3.05, 3.63) is 28.2 Å². The number of hydrogen-bond acceptors (Lipinski definition) is 4. The van der Waals surface area contributed by atoms with E-state index in [2.05, 4.69) is 5.32 Å². The summed E-state index contributed by atoms with van der Waals surface area (Å²) in [5.41, 5.74) is 6.10. The van der Waals surface area contributed by atoms with Gasteiger partial charge in [-0.05, 0) is 37.5 Å². The molecule has 3 rings (SSSR count). The van der Waals surface area contributed by atoms with Gasteiger partial charge in [0.2, 0.25) is 15.9 Å². The first-order valence-corrected chi connectivity index (χ1v) is 9.53. The Morgan fingerprint density at radius 2 is 1.83 bits per heavy atom. The highest BCUT2D eigenvalue weighted by Crippen LogP contribution is 2.34. The third kappa shape index (κ3) is 3.08. The molecule has 0 radical (unpaired) electrons.